The van der Waals surface area contributed by atoms with Gasteiger partial charge in [0.25, 0.3) is 0 Å². The predicted molar refractivity (Wildman–Crippen MR) is 79.9 cm³/mol. The third-order valence-corrected chi connectivity index (χ3v) is 5.02. The Labute approximate surface area is 115 Å². The van der Waals surface area contributed by atoms with Crippen molar-refractivity contribution in [1.82, 2.24) is 4.90 Å². The zero-order chi connectivity index (χ0) is 13.0. The van der Waals surface area contributed by atoms with E-state index in [1.165, 1.54) is 43.6 Å². The predicted octanol–water partition coefficient (Wildman–Crippen LogP) is 3.65. The molecule has 1 saturated heterocycles. The van der Waals surface area contributed by atoms with Crippen LogP contribution < -0.4 is 5.73 Å². The van der Waals surface area contributed by atoms with E-state index in [2.05, 4.69) is 36.3 Å². The first-order valence-corrected chi connectivity index (χ1v) is 8.13. The lowest BCUT2D eigenvalue weighted by molar-refractivity contribution is 0.117. The molecule has 2 heterocycles. The number of hydrogen-bond donors (Lipinski definition) is 1. The molecule has 18 heavy (non-hydrogen) atoms. The lowest BCUT2D eigenvalue weighted by Crippen LogP contribution is -2.43. The van der Waals surface area contributed by atoms with E-state index in [9.17, 15) is 0 Å². The topological polar surface area (TPSA) is 29.3 Å². The Bertz CT molecular complexity index is 326. The summed E-state index contributed by atoms with van der Waals surface area (Å²) in [7, 11) is 0. The molecular weight excluding hydrogens is 240 g/mol. The van der Waals surface area contributed by atoms with E-state index < -0.39 is 0 Å². The van der Waals surface area contributed by atoms with E-state index in [4.69, 9.17) is 5.73 Å². The van der Waals surface area contributed by atoms with Gasteiger partial charge < -0.3 is 5.73 Å². The van der Waals surface area contributed by atoms with Gasteiger partial charge in [0.1, 0.15) is 0 Å². The van der Waals surface area contributed by atoms with Gasteiger partial charge in [-0.3, -0.25) is 4.90 Å². The first kappa shape index (κ1) is 14.0. The summed E-state index contributed by atoms with van der Waals surface area (Å²) in [6.45, 7) is 6.87. The van der Waals surface area contributed by atoms with Gasteiger partial charge in [-0.05, 0) is 50.2 Å². The maximum atomic E-state index is 6.22. The lowest BCUT2D eigenvalue weighted by atomic mass is 9.91. The summed E-state index contributed by atoms with van der Waals surface area (Å²) in [4.78, 5) is 4.03. The van der Waals surface area contributed by atoms with Crippen molar-refractivity contribution in [2.75, 3.05) is 13.1 Å². The van der Waals surface area contributed by atoms with Crippen molar-refractivity contribution < 1.29 is 0 Å². The molecule has 2 rings (SSSR count). The lowest BCUT2D eigenvalue weighted by Gasteiger charge is -2.39. The SMILES string of the molecule is CCCC1CCN(C(c2cccs2)C(C)N)CC1. The largest absolute Gasteiger partial charge is 0.326 e. The molecule has 0 radical (unpaired) electrons. The number of piperidine rings is 1. The molecule has 0 bridgehead atoms. The van der Waals surface area contributed by atoms with Crippen LogP contribution in [0.15, 0.2) is 17.5 Å². The minimum Gasteiger partial charge on any atom is -0.326 e. The molecule has 0 aromatic carbocycles. The van der Waals surface area contributed by atoms with Crippen LogP contribution in [-0.4, -0.2) is 24.0 Å². The second-order valence-electron chi connectivity index (χ2n) is 5.59. The van der Waals surface area contributed by atoms with Crippen LogP contribution in [0.25, 0.3) is 0 Å². The van der Waals surface area contributed by atoms with Crippen molar-refractivity contribution in [2.45, 2.75) is 51.6 Å². The van der Waals surface area contributed by atoms with Crippen LogP contribution in [-0.2, 0) is 0 Å². The van der Waals surface area contributed by atoms with Crippen molar-refractivity contribution >= 4 is 11.3 Å². The van der Waals surface area contributed by atoms with Crippen LogP contribution in [0.5, 0.6) is 0 Å². The van der Waals surface area contributed by atoms with Gasteiger partial charge in [-0.25, -0.2) is 0 Å². The molecule has 102 valence electrons. The number of likely N-dealkylation sites (tertiary alicyclic amines) is 1. The normalized spacial score (nSPS) is 21.9. The summed E-state index contributed by atoms with van der Waals surface area (Å²) in [5.41, 5.74) is 6.22. The molecule has 0 amide bonds. The summed E-state index contributed by atoms with van der Waals surface area (Å²) in [5, 5.41) is 2.16. The standard InChI is InChI=1S/C15H26N2S/c1-3-5-13-7-9-17(10-8-13)15(12(2)16)14-6-4-11-18-14/h4,6,11-13,15H,3,5,7-10,16H2,1-2H3. The van der Waals surface area contributed by atoms with Gasteiger partial charge in [0.15, 0.2) is 0 Å². The number of hydrogen-bond acceptors (Lipinski definition) is 3. The molecule has 2 unspecified atom stereocenters. The van der Waals surface area contributed by atoms with Crippen molar-refractivity contribution in [2.24, 2.45) is 11.7 Å². The minimum absolute atomic E-state index is 0.214. The minimum atomic E-state index is 0.214. The van der Waals surface area contributed by atoms with Crippen molar-refractivity contribution in [3.63, 3.8) is 0 Å². The van der Waals surface area contributed by atoms with Crippen LogP contribution in [0.2, 0.25) is 0 Å². The highest BCUT2D eigenvalue weighted by molar-refractivity contribution is 7.10. The van der Waals surface area contributed by atoms with E-state index in [-0.39, 0.29) is 6.04 Å². The summed E-state index contributed by atoms with van der Waals surface area (Å²) in [5.74, 6) is 0.948. The Morgan fingerprint density at radius 1 is 1.44 bits per heavy atom. The third kappa shape index (κ3) is 3.34. The third-order valence-electron chi connectivity index (χ3n) is 4.07. The van der Waals surface area contributed by atoms with Crippen molar-refractivity contribution in [1.29, 1.82) is 0 Å². The van der Waals surface area contributed by atoms with Gasteiger partial charge >= 0.3 is 0 Å². The van der Waals surface area contributed by atoms with Crippen molar-refractivity contribution in [3.8, 4) is 0 Å². The molecule has 1 fully saturated rings. The summed E-state index contributed by atoms with van der Waals surface area (Å²) in [6, 6.07) is 5.01. The Morgan fingerprint density at radius 2 is 2.17 bits per heavy atom. The van der Waals surface area contributed by atoms with Crippen molar-refractivity contribution in [3.05, 3.63) is 22.4 Å². The Hall–Kier alpha value is -0.380. The monoisotopic (exact) mass is 266 g/mol. The van der Waals surface area contributed by atoms with Gasteiger partial charge in [-0.1, -0.05) is 25.8 Å². The van der Waals surface area contributed by atoms with Crippen LogP contribution in [0.4, 0.5) is 0 Å². The maximum Gasteiger partial charge on any atom is 0.0590 e. The fourth-order valence-electron chi connectivity index (χ4n) is 3.16. The Balaban J connectivity index is 1.97. The number of nitrogens with zero attached hydrogens (tertiary/aromatic N) is 1. The second-order valence-corrected chi connectivity index (χ2v) is 6.57. The van der Waals surface area contributed by atoms with Crippen LogP contribution in [0.3, 0.4) is 0 Å². The molecule has 0 aliphatic carbocycles. The summed E-state index contributed by atoms with van der Waals surface area (Å²) in [6.07, 6.45) is 5.42. The average Bonchev–Trinajstić information content (AvgIpc) is 2.85. The van der Waals surface area contributed by atoms with Gasteiger partial charge in [0.2, 0.25) is 0 Å². The highest BCUT2D eigenvalue weighted by Crippen LogP contribution is 2.32. The first-order valence-electron chi connectivity index (χ1n) is 7.25. The second kappa shape index (κ2) is 6.69. The van der Waals surface area contributed by atoms with Crippen LogP contribution in [0, 0.1) is 5.92 Å². The summed E-state index contributed by atoms with van der Waals surface area (Å²) >= 11 is 1.84. The molecule has 2 N–H and O–H groups in total. The van der Waals surface area contributed by atoms with E-state index in [1.54, 1.807) is 0 Å². The molecule has 2 nitrogen and oxygen atoms in total. The smallest absolute Gasteiger partial charge is 0.0590 e. The Morgan fingerprint density at radius 3 is 2.67 bits per heavy atom. The van der Waals surface area contributed by atoms with E-state index in [1.807, 2.05) is 11.3 Å². The molecule has 1 aromatic rings. The molecule has 1 aliphatic heterocycles. The quantitative estimate of drug-likeness (QED) is 0.881. The highest BCUT2D eigenvalue weighted by atomic mass is 32.1. The molecule has 0 spiro atoms. The number of rotatable bonds is 5. The van der Waals surface area contributed by atoms with Gasteiger partial charge in [-0.2, -0.15) is 0 Å². The van der Waals surface area contributed by atoms with E-state index >= 15 is 0 Å². The highest BCUT2D eigenvalue weighted by Gasteiger charge is 2.28. The molecule has 1 aliphatic rings. The van der Waals surface area contributed by atoms with Crippen LogP contribution in [0.1, 0.15) is 50.4 Å². The fraction of sp³-hybridized carbons (Fsp3) is 0.733. The number of nitrogens with two attached hydrogens (primary N) is 1. The maximum absolute atomic E-state index is 6.22. The first-order chi connectivity index (χ1) is 8.72. The van der Waals surface area contributed by atoms with Crippen LogP contribution >= 0.6 is 11.3 Å². The number of thiophene rings is 1. The molecule has 3 heteroatoms. The molecule has 1 aromatic heterocycles. The zero-order valence-electron chi connectivity index (χ0n) is 11.6. The average molecular weight is 266 g/mol. The molecule has 0 saturated carbocycles. The molecule has 2 atom stereocenters. The Kier molecular flexibility index (Phi) is 5.22. The van der Waals surface area contributed by atoms with Gasteiger partial charge in [0, 0.05) is 10.9 Å². The summed E-state index contributed by atoms with van der Waals surface area (Å²) < 4.78 is 0. The van der Waals surface area contributed by atoms with E-state index in [0.29, 0.717) is 6.04 Å². The van der Waals surface area contributed by atoms with Gasteiger partial charge in [-0.15, -0.1) is 11.3 Å². The van der Waals surface area contributed by atoms with Gasteiger partial charge in [0.05, 0.1) is 6.04 Å². The fourth-order valence-corrected chi connectivity index (χ4v) is 4.13. The molecular formula is C15H26N2S. The van der Waals surface area contributed by atoms with E-state index in [0.717, 1.165) is 5.92 Å². The zero-order valence-corrected chi connectivity index (χ0v) is 12.5.